The molecule has 0 aromatic carbocycles. The van der Waals surface area contributed by atoms with E-state index in [0.29, 0.717) is 0 Å². The van der Waals surface area contributed by atoms with Gasteiger partial charge in [-0.2, -0.15) is 0 Å². The molecule has 0 bridgehead atoms. The molecule has 1 radical (unpaired) electrons. The largest absolute Gasteiger partial charge is 0.330 e. The summed E-state index contributed by atoms with van der Waals surface area (Å²) in [6.07, 6.45) is 1.10. The second-order valence-corrected chi connectivity index (χ2v) is 0.789. The van der Waals surface area contributed by atoms with Gasteiger partial charge in [0.15, 0.2) is 0 Å². The van der Waals surface area contributed by atoms with E-state index in [9.17, 15) is 0 Å². The van der Waals surface area contributed by atoms with Gasteiger partial charge in [0.1, 0.15) is 0 Å². The van der Waals surface area contributed by atoms with Crippen molar-refractivity contribution in [1.29, 1.82) is 0 Å². The molecule has 0 rings (SSSR count). The van der Waals surface area contributed by atoms with E-state index in [2.05, 4.69) is 6.92 Å². The van der Waals surface area contributed by atoms with Crippen LogP contribution in [0, 0.1) is 0 Å². The van der Waals surface area contributed by atoms with Gasteiger partial charge in [0, 0.05) is 29.6 Å². The van der Waals surface area contributed by atoms with E-state index < -0.39 is 0 Å². The van der Waals surface area contributed by atoms with Gasteiger partial charge in [-0.1, -0.05) is 6.92 Å². The molecule has 27 valence electrons. The van der Waals surface area contributed by atoms with Crippen LogP contribution in [-0.2, 0) is 0 Å². The van der Waals surface area contributed by atoms with Crippen molar-refractivity contribution in [3.05, 3.63) is 0 Å². The summed E-state index contributed by atoms with van der Waals surface area (Å²) >= 11 is 0. The number of hydrogen-bond donors (Lipinski definition) is 1. The SMILES string of the molecule is CCCN.[Na]. The molecule has 0 aliphatic rings. The smallest absolute Gasteiger partial charge is 0 e. The maximum absolute atomic E-state index is 5.03. The second kappa shape index (κ2) is 8.88. The van der Waals surface area contributed by atoms with Crippen molar-refractivity contribution in [3.63, 3.8) is 0 Å². The molecular weight excluding hydrogens is 73.0 g/mol. The molecule has 0 aromatic rings. The maximum Gasteiger partial charge on any atom is 0 e. The topological polar surface area (TPSA) is 26.0 Å². The fourth-order valence-corrected chi connectivity index (χ4v) is 0. The van der Waals surface area contributed by atoms with E-state index >= 15 is 0 Å². The van der Waals surface area contributed by atoms with E-state index in [1.165, 1.54) is 0 Å². The first-order valence-electron chi connectivity index (χ1n) is 1.62. The quantitative estimate of drug-likeness (QED) is 0.442. The summed E-state index contributed by atoms with van der Waals surface area (Å²) in [6.45, 7) is 2.88. The molecule has 1 nitrogen and oxygen atoms in total. The predicted octanol–water partition coefficient (Wildman–Crippen LogP) is -0.0257. The number of nitrogens with two attached hydrogens (primary N) is 1. The fraction of sp³-hybridized carbons (Fsp3) is 1.00. The zero-order chi connectivity index (χ0) is 3.41. The van der Waals surface area contributed by atoms with Crippen LogP contribution in [0.2, 0.25) is 0 Å². The van der Waals surface area contributed by atoms with Crippen LogP contribution in [0.5, 0.6) is 0 Å². The van der Waals surface area contributed by atoms with Crippen LogP contribution in [-0.4, -0.2) is 36.1 Å². The Hall–Kier alpha value is 0.960. The minimum absolute atomic E-state index is 0. The summed E-state index contributed by atoms with van der Waals surface area (Å²) in [6, 6.07) is 0. The third-order valence-electron chi connectivity index (χ3n) is 0.289. The van der Waals surface area contributed by atoms with Gasteiger partial charge in [-0.25, -0.2) is 0 Å². The molecule has 0 heterocycles. The Morgan fingerprint density at radius 2 is 1.80 bits per heavy atom. The van der Waals surface area contributed by atoms with Gasteiger partial charge in [0.2, 0.25) is 0 Å². The van der Waals surface area contributed by atoms with Crippen molar-refractivity contribution in [2.24, 2.45) is 5.73 Å². The Kier molecular flexibility index (Phi) is 16.6. The van der Waals surface area contributed by atoms with Crippen molar-refractivity contribution in [3.8, 4) is 0 Å². The fourth-order valence-electron chi connectivity index (χ4n) is 0. The zero-order valence-electron chi connectivity index (χ0n) is 3.99. The van der Waals surface area contributed by atoms with Crippen molar-refractivity contribution in [2.45, 2.75) is 13.3 Å². The average molecular weight is 82.1 g/mol. The number of rotatable bonds is 1. The van der Waals surface area contributed by atoms with Crippen molar-refractivity contribution in [1.82, 2.24) is 0 Å². The van der Waals surface area contributed by atoms with Crippen LogP contribution in [0.3, 0.4) is 0 Å². The first kappa shape index (κ1) is 9.35. The monoisotopic (exact) mass is 82.1 g/mol. The molecule has 0 saturated heterocycles. The first-order valence-corrected chi connectivity index (χ1v) is 1.62. The minimum atomic E-state index is 0. The molecule has 0 saturated carbocycles. The summed E-state index contributed by atoms with van der Waals surface area (Å²) in [5.74, 6) is 0. The molecule has 0 aliphatic heterocycles. The average Bonchev–Trinajstić information content (AvgIpc) is 1.37. The third-order valence-corrected chi connectivity index (χ3v) is 0.289. The van der Waals surface area contributed by atoms with E-state index in [1.807, 2.05) is 0 Å². The molecule has 2 heteroatoms. The molecule has 5 heavy (non-hydrogen) atoms. The maximum atomic E-state index is 5.03. The summed E-state index contributed by atoms with van der Waals surface area (Å²) in [5, 5.41) is 0. The standard InChI is InChI=1S/C3H9N.Na/c1-2-3-4;/h2-4H2,1H3;. The van der Waals surface area contributed by atoms with Gasteiger partial charge < -0.3 is 5.73 Å². The molecule has 0 amide bonds. The normalized spacial score (nSPS) is 6.00. The van der Waals surface area contributed by atoms with Crippen molar-refractivity contribution >= 4 is 29.6 Å². The van der Waals surface area contributed by atoms with Gasteiger partial charge in [-0.3, -0.25) is 0 Å². The Morgan fingerprint density at radius 3 is 1.80 bits per heavy atom. The third kappa shape index (κ3) is 11.3. The Labute approximate surface area is 55.2 Å². The minimum Gasteiger partial charge on any atom is -0.330 e. The second-order valence-electron chi connectivity index (χ2n) is 0.789. The molecule has 0 aromatic heterocycles. The molecule has 2 N–H and O–H groups in total. The van der Waals surface area contributed by atoms with Crippen LogP contribution in [0.4, 0.5) is 0 Å². The predicted molar refractivity (Wildman–Crippen MR) is 25.1 cm³/mol. The Bertz CT molecular complexity index is 8.85. The summed E-state index contributed by atoms with van der Waals surface area (Å²) in [4.78, 5) is 0. The van der Waals surface area contributed by atoms with Crippen LogP contribution in [0.15, 0.2) is 0 Å². The molecule has 0 atom stereocenters. The Balaban J connectivity index is 0. The van der Waals surface area contributed by atoms with Crippen LogP contribution in [0.1, 0.15) is 13.3 Å². The molecule has 0 unspecified atom stereocenters. The van der Waals surface area contributed by atoms with E-state index in [4.69, 9.17) is 5.73 Å². The molecule has 0 aliphatic carbocycles. The van der Waals surface area contributed by atoms with E-state index in [0.717, 1.165) is 13.0 Å². The van der Waals surface area contributed by atoms with Crippen LogP contribution < -0.4 is 5.73 Å². The van der Waals surface area contributed by atoms with Gasteiger partial charge in [0.25, 0.3) is 0 Å². The zero-order valence-corrected chi connectivity index (χ0v) is 5.99. The number of hydrogen-bond acceptors (Lipinski definition) is 1. The van der Waals surface area contributed by atoms with Crippen molar-refractivity contribution in [2.75, 3.05) is 6.54 Å². The molecular formula is C3H9NNa. The summed E-state index contributed by atoms with van der Waals surface area (Å²) < 4.78 is 0. The molecule has 0 fully saturated rings. The van der Waals surface area contributed by atoms with Crippen molar-refractivity contribution < 1.29 is 0 Å². The Morgan fingerprint density at radius 1 is 1.60 bits per heavy atom. The van der Waals surface area contributed by atoms with Crippen LogP contribution >= 0.6 is 0 Å². The van der Waals surface area contributed by atoms with Gasteiger partial charge in [-0.05, 0) is 13.0 Å². The molecule has 0 spiro atoms. The van der Waals surface area contributed by atoms with Gasteiger partial charge >= 0.3 is 0 Å². The van der Waals surface area contributed by atoms with Gasteiger partial charge in [0.05, 0.1) is 0 Å². The van der Waals surface area contributed by atoms with Crippen LogP contribution in [0.25, 0.3) is 0 Å². The summed E-state index contributed by atoms with van der Waals surface area (Å²) in [5.41, 5.74) is 5.03. The first-order chi connectivity index (χ1) is 1.91. The van der Waals surface area contributed by atoms with E-state index in [1.54, 1.807) is 0 Å². The summed E-state index contributed by atoms with van der Waals surface area (Å²) in [7, 11) is 0. The van der Waals surface area contributed by atoms with Gasteiger partial charge in [-0.15, -0.1) is 0 Å². The van der Waals surface area contributed by atoms with E-state index in [-0.39, 0.29) is 29.6 Å².